The van der Waals surface area contributed by atoms with Crippen molar-refractivity contribution in [2.24, 2.45) is 0 Å². The van der Waals surface area contributed by atoms with Crippen molar-refractivity contribution in [3.8, 4) is 11.7 Å². The Bertz CT molecular complexity index is 464. The van der Waals surface area contributed by atoms with Crippen LogP contribution in [0.5, 0.6) is 6.01 Å². The molecule has 2 aromatic rings. The second kappa shape index (κ2) is 5.06. The van der Waals surface area contributed by atoms with Crippen molar-refractivity contribution in [3.63, 3.8) is 0 Å². The fraction of sp³-hybridized carbons (Fsp3) is 0.182. The van der Waals surface area contributed by atoms with Gasteiger partial charge in [-0.2, -0.15) is 4.68 Å². The molecule has 0 atom stereocenters. The maximum absolute atomic E-state index is 5.41. The van der Waals surface area contributed by atoms with Crippen LogP contribution in [0.3, 0.4) is 0 Å². The molecule has 0 saturated carbocycles. The quantitative estimate of drug-likeness (QED) is 0.729. The molecule has 5 nitrogen and oxygen atoms in total. The lowest BCUT2D eigenvalue weighted by Gasteiger charge is -2.03. The smallest absolute Gasteiger partial charge is 0.340 e. The van der Waals surface area contributed by atoms with E-state index in [0.717, 1.165) is 5.69 Å². The zero-order chi connectivity index (χ0) is 11.2. The molecule has 0 aliphatic rings. The SMILES string of the molecule is C/C=C/COc1nnnn1-c1ccccc1. The second-order valence-corrected chi connectivity index (χ2v) is 3.09. The van der Waals surface area contributed by atoms with E-state index < -0.39 is 0 Å². The fourth-order valence-corrected chi connectivity index (χ4v) is 1.22. The summed E-state index contributed by atoms with van der Waals surface area (Å²) in [6.45, 7) is 2.40. The van der Waals surface area contributed by atoms with Crippen LogP contribution in [0.1, 0.15) is 6.92 Å². The van der Waals surface area contributed by atoms with Gasteiger partial charge in [-0.1, -0.05) is 35.4 Å². The van der Waals surface area contributed by atoms with Gasteiger partial charge in [-0.15, -0.1) is 0 Å². The first kappa shape index (κ1) is 10.4. The Morgan fingerprint density at radius 3 is 2.88 bits per heavy atom. The topological polar surface area (TPSA) is 52.8 Å². The molecular formula is C11H12N4O. The summed E-state index contributed by atoms with van der Waals surface area (Å²) >= 11 is 0. The summed E-state index contributed by atoms with van der Waals surface area (Å²) in [5.74, 6) is 0. The van der Waals surface area contributed by atoms with E-state index in [0.29, 0.717) is 12.6 Å². The van der Waals surface area contributed by atoms with E-state index in [1.165, 1.54) is 0 Å². The van der Waals surface area contributed by atoms with Gasteiger partial charge in [0.1, 0.15) is 6.61 Å². The van der Waals surface area contributed by atoms with Crippen LogP contribution in [0.2, 0.25) is 0 Å². The predicted octanol–water partition coefficient (Wildman–Crippen LogP) is 1.62. The Kier molecular flexibility index (Phi) is 3.28. The summed E-state index contributed by atoms with van der Waals surface area (Å²) in [4.78, 5) is 0. The third kappa shape index (κ3) is 2.25. The summed E-state index contributed by atoms with van der Waals surface area (Å²) < 4.78 is 6.97. The highest BCUT2D eigenvalue weighted by atomic mass is 16.5. The highest BCUT2D eigenvalue weighted by molar-refractivity contribution is 5.31. The van der Waals surface area contributed by atoms with Crippen molar-refractivity contribution in [1.82, 2.24) is 20.2 Å². The lowest BCUT2D eigenvalue weighted by atomic mass is 10.3. The van der Waals surface area contributed by atoms with E-state index in [1.54, 1.807) is 4.68 Å². The van der Waals surface area contributed by atoms with Gasteiger partial charge in [-0.3, -0.25) is 0 Å². The first-order chi connectivity index (χ1) is 7.92. The first-order valence-electron chi connectivity index (χ1n) is 4.99. The minimum absolute atomic E-state index is 0.393. The Morgan fingerprint density at radius 1 is 1.31 bits per heavy atom. The van der Waals surface area contributed by atoms with E-state index in [-0.39, 0.29) is 0 Å². The van der Waals surface area contributed by atoms with Crippen LogP contribution in [-0.4, -0.2) is 26.8 Å². The van der Waals surface area contributed by atoms with Crippen molar-refractivity contribution in [2.75, 3.05) is 6.61 Å². The average Bonchev–Trinajstić information content (AvgIpc) is 2.79. The minimum Gasteiger partial charge on any atom is -0.458 e. The monoisotopic (exact) mass is 216 g/mol. The highest BCUT2D eigenvalue weighted by Crippen LogP contribution is 2.12. The van der Waals surface area contributed by atoms with Crippen LogP contribution >= 0.6 is 0 Å². The molecule has 5 heteroatoms. The molecule has 1 heterocycles. The van der Waals surface area contributed by atoms with Gasteiger partial charge in [0, 0.05) is 0 Å². The molecule has 82 valence electrons. The van der Waals surface area contributed by atoms with Gasteiger partial charge in [0.2, 0.25) is 0 Å². The van der Waals surface area contributed by atoms with Gasteiger partial charge in [0.25, 0.3) is 0 Å². The molecule has 0 unspecified atom stereocenters. The van der Waals surface area contributed by atoms with Crippen LogP contribution in [0.15, 0.2) is 42.5 Å². The number of ether oxygens (including phenoxy) is 1. The molecule has 0 N–H and O–H groups in total. The molecule has 0 bridgehead atoms. The van der Waals surface area contributed by atoms with E-state index in [1.807, 2.05) is 49.4 Å². The van der Waals surface area contributed by atoms with Gasteiger partial charge >= 0.3 is 6.01 Å². The number of aromatic nitrogens is 4. The predicted molar refractivity (Wildman–Crippen MR) is 59.5 cm³/mol. The molecule has 0 amide bonds. The summed E-state index contributed by atoms with van der Waals surface area (Å²) in [5.41, 5.74) is 0.878. The standard InChI is InChI=1S/C11H12N4O/c1-2-3-9-16-11-12-13-14-15(11)10-7-5-4-6-8-10/h2-8H,9H2,1H3/b3-2+. The third-order valence-corrected chi connectivity index (χ3v) is 1.99. The highest BCUT2D eigenvalue weighted by Gasteiger charge is 2.07. The van der Waals surface area contributed by atoms with Gasteiger partial charge in [0.05, 0.1) is 5.69 Å². The van der Waals surface area contributed by atoms with Gasteiger partial charge in [-0.25, -0.2) is 0 Å². The number of rotatable bonds is 4. The summed E-state index contributed by atoms with van der Waals surface area (Å²) in [6.07, 6.45) is 3.81. The number of allylic oxidation sites excluding steroid dienone is 1. The van der Waals surface area contributed by atoms with Crippen LogP contribution < -0.4 is 4.74 Å². The normalized spacial score (nSPS) is 10.8. The lowest BCUT2D eigenvalue weighted by Crippen LogP contribution is -2.03. The van der Waals surface area contributed by atoms with Crippen molar-refractivity contribution >= 4 is 0 Å². The summed E-state index contributed by atoms with van der Waals surface area (Å²) in [6, 6.07) is 10.0. The lowest BCUT2D eigenvalue weighted by molar-refractivity contribution is 0.323. The summed E-state index contributed by atoms with van der Waals surface area (Å²) in [5, 5.41) is 11.3. The molecule has 0 saturated heterocycles. The number of nitrogens with zero attached hydrogens (tertiary/aromatic N) is 4. The third-order valence-electron chi connectivity index (χ3n) is 1.99. The number of hydrogen-bond donors (Lipinski definition) is 0. The fourth-order valence-electron chi connectivity index (χ4n) is 1.22. The second-order valence-electron chi connectivity index (χ2n) is 3.09. The molecule has 0 radical (unpaired) electrons. The molecule has 1 aromatic carbocycles. The zero-order valence-electron chi connectivity index (χ0n) is 8.95. The molecule has 0 fully saturated rings. The molecule has 16 heavy (non-hydrogen) atoms. The Morgan fingerprint density at radius 2 is 2.12 bits per heavy atom. The van der Waals surface area contributed by atoms with Gasteiger partial charge in [0.15, 0.2) is 0 Å². The first-order valence-corrected chi connectivity index (χ1v) is 4.99. The zero-order valence-corrected chi connectivity index (χ0v) is 8.95. The van der Waals surface area contributed by atoms with Crippen LogP contribution in [0.25, 0.3) is 5.69 Å². The van der Waals surface area contributed by atoms with Crippen molar-refractivity contribution < 1.29 is 4.74 Å². The maximum atomic E-state index is 5.41. The maximum Gasteiger partial charge on any atom is 0.340 e. The van der Waals surface area contributed by atoms with Gasteiger partial charge in [-0.05, 0) is 29.5 Å². The van der Waals surface area contributed by atoms with Crippen LogP contribution in [-0.2, 0) is 0 Å². The van der Waals surface area contributed by atoms with Crippen molar-refractivity contribution in [3.05, 3.63) is 42.5 Å². The Balaban J connectivity index is 2.19. The Labute approximate surface area is 93.4 Å². The van der Waals surface area contributed by atoms with E-state index in [2.05, 4.69) is 15.5 Å². The molecule has 0 spiro atoms. The molecule has 0 aliphatic carbocycles. The molecule has 0 aliphatic heterocycles. The Hall–Kier alpha value is -2.17. The molecule has 1 aromatic heterocycles. The van der Waals surface area contributed by atoms with Gasteiger partial charge < -0.3 is 4.74 Å². The average molecular weight is 216 g/mol. The number of hydrogen-bond acceptors (Lipinski definition) is 4. The summed E-state index contributed by atoms with van der Waals surface area (Å²) in [7, 11) is 0. The number of para-hydroxylation sites is 1. The van der Waals surface area contributed by atoms with E-state index in [9.17, 15) is 0 Å². The molecule has 2 rings (SSSR count). The largest absolute Gasteiger partial charge is 0.458 e. The van der Waals surface area contributed by atoms with Crippen LogP contribution in [0.4, 0.5) is 0 Å². The number of benzene rings is 1. The van der Waals surface area contributed by atoms with Crippen molar-refractivity contribution in [2.45, 2.75) is 6.92 Å². The molecular weight excluding hydrogens is 204 g/mol. The number of tetrazole rings is 1. The van der Waals surface area contributed by atoms with E-state index in [4.69, 9.17) is 4.74 Å². The van der Waals surface area contributed by atoms with Crippen LogP contribution in [0, 0.1) is 0 Å². The van der Waals surface area contributed by atoms with Crippen molar-refractivity contribution in [1.29, 1.82) is 0 Å². The minimum atomic E-state index is 0.393. The van der Waals surface area contributed by atoms with E-state index >= 15 is 0 Å².